The van der Waals surface area contributed by atoms with Gasteiger partial charge in [-0.25, -0.2) is 15.8 Å². The van der Waals surface area contributed by atoms with Gasteiger partial charge in [-0.15, -0.1) is 0 Å². The molecule has 0 unspecified atom stereocenters. The highest BCUT2D eigenvalue weighted by molar-refractivity contribution is 5.57. The van der Waals surface area contributed by atoms with Crippen molar-refractivity contribution in [3.8, 4) is 6.07 Å². The summed E-state index contributed by atoms with van der Waals surface area (Å²) in [6.07, 6.45) is 1.96. The number of nitrogens with one attached hydrogen (secondary N) is 1. The van der Waals surface area contributed by atoms with E-state index in [4.69, 9.17) is 11.1 Å². The summed E-state index contributed by atoms with van der Waals surface area (Å²) in [6, 6.07) is 2.16. The summed E-state index contributed by atoms with van der Waals surface area (Å²) in [5.74, 6) is 7.35. The molecule has 6 nitrogen and oxygen atoms in total. The van der Waals surface area contributed by atoms with Crippen molar-refractivity contribution in [1.29, 1.82) is 5.26 Å². The van der Waals surface area contributed by atoms with Crippen LogP contribution in [-0.4, -0.2) is 23.1 Å². The van der Waals surface area contributed by atoms with Gasteiger partial charge in [-0.05, 0) is 12.8 Å². The van der Waals surface area contributed by atoms with Gasteiger partial charge in [-0.3, -0.25) is 0 Å². The third kappa shape index (κ3) is 3.57. The van der Waals surface area contributed by atoms with Gasteiger partial charge in [0.2, 0.25) is 0 Å². The Morgan fingerprint density at radius 2 is 2.22 bits per heavy atom. The van der Waals surface area contributed by atoms with Crippen LogP contribution in [0.25, 0.3) is 0 Å². The molecule has 1 aromatic rings. The maximum Gasteiger partial charge on any atom is 0.148 e. The maximum atomic E-state index is 8.72. The molecule has 0 aliphatic rings. The van der Waals surface area contributed by atoms with Crippen LogP contribution in [0.1, 0.15) is 25.8 Å². The number of nitrogens with two attached hydrogens (primary N) is 1. The van der Waals surface area contributed by atoms with E-state index in [0.717, 1.165) is 17.9 Å². The van der Waals surface area contributed by atoms with Crippen LogP contribution in [0.15, 0.2) is 6.33 Å². The van der Waals surface area contributed by atoms with Crippen LogP contribution < -0.4 is 16.2 Å². The predicted molar refractivity (Wildman–Crippen MR) is 71.9 cm³/mol. The summed E-state index contributed by atoms with van der Waals surface area (Å²) in [4.78, 5) is 10.5. The number of hydrogen-bond acceptors (Lipinski definition) is 6. The quantitative estimate of drug-likeness (QED) is 0.585. The van der Waals surface area contributed by atoms with Crippen molar-refractivity contribution >= 4 is 11.6 Å². The molecule has 0 amide bonds. The number of nitrogen functional groups attached to an aromatic ring is 1. The molecule has 0 saturated carbocycles. The Morgan fingerprint density at radius 1 is 1.50 bits per heavy atom. The van der Waals surface area contributed by atoms with Gasteiger partial charge in [0.1, 0.15) is 18.0 Å². The lowest BCUT2D eigenvalue weighted by molar-refractivity contribution is 0.606. The fourth-order valence-corrected chi connectivity index (χ4v) is 1.81. The fraction of sp³-hybridized carbons (Fsp3) is 0.583. The molecule has 98 valence electrons. The monoisotopic (exact) mass is 248 g/mol. The topological polar surface area (TPSA) is 90.9 Å². The second-order valence-corrected chi connectivity index (χ2v) is 4.56. The molecule has 1 rings (SSSR count). The second-order valence-electron chi connectivity index (χ2n) is 4.56. The van der Waals surface area contributed by atoms with E-state index in [1.165, 1.54) is 6.33 Å². The van der Waals surface area contributed by atoms with E-state index in [2.05, 4.69) is 40.2 Å². The number of anilines is 2. The number of nitrogens with zero attached hydrogens (tertiary/aromatic N) is 4. The van der Waals surface area contributed by atoms with Crippen molar-refractivity contribution in [2.24, 2.45) is 11.8 Å². The Balaban J connectivity index is 3.00. The van der Waals surface area contributed by atoms with Crippen LogP contribution in [0.5, 0.6) is 0 Å². The van der Waals surface area contributed by atoms with Gasteiger partial charge in [0.15, 0.2) is 0 Å². The summed E-state index contributed by atoms with van der Waals surface area (Å²) in [7, 11) is 0. The van der Waals surface area contributed by atoms with E-state index < -0.39 is 0 Å². The lowest BCUT2D eigenvalue weighted by Crippen LogP contribution is -2.30. The van der Waals surface area contributed by atoms with Gasteiger partial charge < -0.3 is 10.3 Å². The van der Waals surface area contributed by atoms with Gasteiger partial charge in [0, 0.05) is 18.7 Å². The number of hydrazine groups is 1. The van der Waals surface area contributed by atoms with E-state index in [-0.39, 0.29) is 0 Å². The number of hydrogen-bond donors (Lipinski definition) is 2. The maximum absolute atomic E-state index is 8.72. The molecule has 0 spiro atoms. The first-order chi connectivity index (χ1) is 8.60. The van der Waals surface area contributed by atoms with Gasteiger partial charge in [-0.2, -0.15) is 5.26 Å². The highest BCUT2D eigenvalue weighted by Crippen LogP contribution is 2.22. The Hall–Kier alpha value is -1.87. The zero-order valence-electron chi connectivity index (χ0n) is 11.1. The average molecular weight is 248 g/mol. The molecule has 3 N–H and O–H groups in total. The van der Waals surface area contributed by atoms with Crippen molar-refractivity contribution in [2.45, 2.75) is 27.2 Å². The fourth-order valence-electron chi connectivity index (χ4n) is 1.81. The van der Waals surface area contributed by atoms with Gasteiger partial charge in [0.25, 0.3) is 0 Å². The summed E-state index contributed by atoms with van der Waals surface area (Å²) < 4.78 is 0. The molecular weight excluding hydrogens is 228 g/mol. The molecule has 0 aromatic carbocycles. The predicted octanol–water partition coefficient (Wildman–Crippen LogP) is 1.45. The lowest BCUT2D eigenvalue weighted by Gasteiger charge is -2.26. The van der Waals surface area contributed by atoms with Crippen LogP contribution in [0.4, 0.5) is 11.6 Å². The first-order valence-corrected chi connectivity index (χ1v) is 6.00. The largest absolute Gasteiger partial charge is 0.355 e. The van der Waals surface area contributed by atoms with Crippen LogP contribution in [0.2, 0.25) is 0 Å². The van der Waals surface area contributed by atoms with Crippen molar-refractivity contribution in [1.82, 2.24) is 9.97 Å². The van der Waals surface area contributed by atoms with Crippen LogP contribution in [-0.2, 0) is 0 Å². The van der Waals surface area contributed by atoms with E-state index in [1.807, 2.05) is 6.92 Å². The molecular formula is C12H20N6. The van der Waals surface area contributed by atoms with Crippen molar-refractivity contribution < 1.29 is 0 Å². The highest BCUT2D eigenvalue weighted by atomic mass is 15.3. The normalized spacial score (nSPS) is 10.2. The molecule has 1 aromatic heterocycles. The van der Waals surface area contributed by atoms with Crippen molar-refractivity contribution in [3.05, 3.63) is 11.9 Å². The van der Waals surface area contributed by atoms with Crippen molar-refractivity contribution in [3.63, 3.8) is 0 Å². The van der Waals surface area contributed by atoms with Crippen molar-refractivity contribution in [2.75, 3.05) is 23.4 Å². The Morgan fingerprint density at radius 3 is 2.78 bits per heavy atom. The molecule has 0 saturated heterocycles. The molecule has 0 aliphatic carbocycles. The summed E-state index contributed by atoms with van der Waals surface area (Å²) >= 11 is 0. The molecule has 0 aliphatic heterocycles. The average Bonchev–Trinajstić information content (AvgIpc) is 2.34. The van der Waals surface area contributed by atoms with E-state index >= 15 is 0 Å². The van der Waals surface area contributed by atoms with E-state index in [0.29, 0.717) is 24.7 Å². The molecule has 6 heteroatoms. The molecule has 0 bridgehead atoms. The smallest absolute Gasteiger partial charge is 0.148 e. The zero-order chi connectivity index (χ0) is 13.5. The molecule has 18 heavy (non-hydrogen) atoms. The Bertz CT molecular complexity index is 423. The van der Waals surface area contributed by atoms with Gasteiger partial charge in [-0.1, -0.05) is 13.8 Å². The summed E-state index contributed by atoms with van der Waals surface area (Å²) in [6.45, 7) is 7.71. The van der Waals surface area contributed by atoms with Gasteiger partial charge in [0.05, 0.1) is 12.5 Å². The minimum atomic E-state index is 0.474. The van der Waals surface area contributed by atoms with Crippen LogP contribution >= 0.6 is 0 Å². The standard InChI is InChI=1S/C12H20N6/c1-9(2)7-18(6-4-5-13)12-10(3)11(17-14)15-8-16-12/h8-9H,4,6-7,14H2,1-3H3,(H,15,16,17). The number of rotatable bonds is 6. The third-order valence-electron chi connectivity index (χ3n) is 2.57. The molecule has 0 radical (unpaired) electrons. The van der Waals surface area contributed by atoms with E-state index in [9.17, 15) is 0 Å². The zero-order valence-corrected chi connectivity index (χ0v) is 11.1. The van der Waals surface area contributed by atoms with Crippen LogP contribution in [0, 0.1) is 24.2 Å². The molecule has 1 heterocycles. The second kappa shape index (κ2) is 6.77. The SMILES string of the molecule is Cc1c(NN)ncnc1N(CCC#N)CC(C)C. The highest BCUT2D eigenvalue weighted by Gasteiger charge is 2.14. The van der Waals surface area contributed by atoms with E-state index in [1.54, 1.807) is 0 Å². The van der Waals surface area contributed by atoms with Crippen LogP contribution in [0.3, 0.4) is 0 Å². The first-order valence-electron chi connectivity index (χ1n) is 6.00. The first kappa shape index (κ1) is 14.2. The van der Waals surface area contributed by atoms with Gasteiger partial charge >= 0.3 is 0 Å². The number of aromatic nitrogens is 2. The molecule has 0 fully saturated rings. The summed E-state index contributed by atoms with van der Waals surface area (Å²) in [5, 5.41) is 8.72. The number of nitriles is 1. The minimum Gasteiger partial charge on any atom is -0.355 e. The summed E-state index contributed by atoms with van der Waals surface area (Å²) in [5.41, 5.74) is 3.46. The Kier molecular flexibility index (Phi) is 5.33. The molecule has 0 atom stereocenters. The minimum absolute atomic E-state index is 0.474. The Labute approximate surface area is 108 Å². The third-order valence-corrected chi connectivity index (χ3v) is 2.57. The lowest BCUT2D eigenvalue weighted by atomic mass is 10.2.